The van der Waals surface area contributed by atoms with Crippen molar-refractivity contribution in [2.24, 2.45) is 23.2 Å². The van der Waals surface area contributed by atoms with Crippen LogP contribution in [-0.2, 0) is 16.0 Å². The number of aromatic nitrogens is 1. The molecule has 33 heavy (non-hydrogen) atoms. The minimum atomic E-state index is -0.588. The van der Waals surface area contributed by atoms with Crippen LogP contribution in [0.5, 0.6) is 0 Å². The van der Waals surface area contributed by atoms with Crippen LogP contribution in [0.3, 0.4) is 0 Å². The fraction of sp³-hybridized carbons (Fsp3) is 0.536. The van der Waals surface area contributed by atoms with E-state index < -0.39 is 5.41 Å². The second-order valence-corrected chi connectivity index (χ2v) is 10.6. The number of fused-ring (bicyclic) bond motifs is 1. The molecule has 1 saturated heterocycles. The Bertz CT molecular complexity index is 1010. The van der Waals surface area contributed by atoms with Crippen molar-refractivity contribution in [2.75, 3.05) is 27.2 Å². The summed E-state index contributed by atoms with van der Waals surface area (Å²) < 4.78 is 0. The van der Waals surface area contributed by atoms with Crippen LogP contribution in [0, 0.1) is 23.2 Å². The molecule has 2 amide bonds. The summed E-state index contributed by atoms with van der Waals surface area (Å²) in [6.45, 7) is 1.31. The van der Waals surface area contributed by atoms with Gasteiger partial charge in [0.1, 0.15) is 0 Å². The molecule has 1 aliphatic heterocycles. The summed E-state index contributed by atoms with van der Waals surface area (Å²) in [4.78, 5) is 35.3. The Labute approximate surface area is 197 Å². The van der Waals surface area contributed by atoms with Gasteiger partial charge in [-0.2, -0.15) is 0 Å². The molecule has 1 aromatic carbocycles. The van der Waals surface area contributed by atoms with Crippen molar-refractivity contribution in [3.05, 3.63) is 54.4 Å². The first-order chi connectivity index (χ1) is 16.0. The number of piperidine rings is 1. The fourth-order valence-corrected chi connectivity index (χ4v) is 6.60. The summed E-state index contributed by atoms with van der Waals surface area (Å²) in [7, 11) is 3.68. The zero-order chi connectivity index (χ0) is 23.0. The van der Waals surface area contributed by atoms with Gasteiger partial charge in [-0.25, -0.2) is 0 Å². The fourth-order valence-electron chi connectivity index (χ4n) is 6.60. The number of hydrogen-bond acceptors (Lipinski definition) is 3. The molecule has 1 aromatic heterocycles. The summed E-state index contributed by atoms with van der Waals surface area (Å²) in [5.74, 6) is 1.84. The lowest BCUT2D eigenvalue weighted by Crippen LogP contribution is -2.54. The number of likely N-dealkylation sites (tertiary alicyclic amines) is 1. The topological polar surface area (TPSA) is 53.5 Å². The van der Waals surface area contributed by atoms with E-state index >= 15 is 0 Å². The van der Waals surface area contributed by atoms with Crippen LogP contribution in [0.25, 0.3) is 11.1 Å². The third kappa shape index (κ3) is 4.18. The van der Waals surface area contributed by atoms with E-state index in [9.17, 15) is 9.59 Å². The molecule has 0 bridgehead atoms. The van der Waals surface area contributed by atoms with Gasteiger partial charge in [-0.3, -0.25) is 14.6 Å². The lowest BCUT2D eigenvalue weighted by atomic mass is 9.72. The predicted molar refractivity (Wildman–Crippen MR) is 129 cm³/mol. The molecule has 1 unspecified atom stereocenters. The van der Waals surface area contributed by atoms with E-state index in [1.54, 1.807) is 11.1 Å². The molecule has 3 aliphatic rings. The first kappa shape index (κ1) is 22.1. The van der Waals surface area contributed by atoms with Gasteiger partial charge in [0.25, 0.3) is 0 Å². The first-order valence-electron chi connectivity index (χ1n) is 12.5. The van der Waals surface area contributed by atoms with E-state index in [2.05, 4.69) is 23.2 Å². The number of rotatable bonds is 5. The third-order valence-corrected chi connectivity index (χ3v) is 8.21. The highest BCUT2D eigenvalue weighted by atomic mass is 16.2. The predicted octanol–water partition coefficient (Wildman–Crippen LogP) is 4.42. The summed E-state index contributed by atoms with van der Waals surface area (Å²) in [5, 5.41) is 0. The number of pyridine rings is 1. The van der Waals surface area contributed by atoms with Crippen LogP contribution in [0.15, 0.2) is 48.8 Å². The molecular formula is C28H35N3O2. The van der Waals surface area contributed by atoms with Gasteiger partial charge in [0.2, 0.25) is 11.8 Å². The van der Waals surface area contributed by atoms with Crippen molar-refractivity contribution in [1.82, 2.24) is 14.8 Å². The molecule has 2 saturated carbocycles. The zero-order valence-electron chi connectivity index (χ0n) is 19.9. The largest absolute Gasteiger partial charge is 0.348 e. The Kier molecular flexibility index (Phi) is 5.98. The summed E-state index contributed by atoms with van der Waals surface area (Å²) in [6.07, 6.45) is 10.9. The number of hydrogen-bond donors (Lipinski definition) is 0. The van der Waals surface area contributed by atoms with E-state index in [0.29, 0.717) is 30.7 Å². The van der Waals surface area contributed by atoms with Crippen molar-refractivity contribution in [2.45, 2.75) is 44.9 Å². The normalized spacial score (nSPS) is 28.7. The van der Waals surface area contributed by atoms with Crippen molar-refractivity contribution < 1.29 is 9.59 Å². The van der Waals surface area contributed by atoms with Crippen LogP contribution in [0.1, 0.15) is 44.1 Å². The number of nitrogens with zero attached hydrogens (tertiary/aromatic N) is 3. The van der Waals surface area contributed by atoms with Crippen LogP contribution in [-0.4, -0.2) is 53.8 Å². The van der Waals surface area contributed by atoms with Gasteiger partial charge < -0.3 is 9.80 Å². The van der Waals surface area contributed by atoms with Crippen LogP contribution in [0.2, 0.25) is 0 Å². The lowest BCUT2D eigenvalue weighted by molar-refractivity contribution is -0.148. The van der Waals surface area contributed by atoms with Gasteiger partial charge in [-0.1, -0.05) is 43.2 Å². The minimum absolute atomic E-state index is 0.134. The van der Waals surface area contributed by atoms with Crippen LogP contribution < -0.4 is 0 Å². The van der Waals surface area contributed by atoms with Crippen molar-refractivity contribution in [3.63, 3.8) is 0 Å². The molecule has 0 radical (unpaired) electrons. The molecular weight excluding hydrogens is 410 g/mol. The highest BCUT2D eigenvalue weighted by Crippen LogP contribution is 2.56. The molecule has 2 heterocycles. The monoisotopic (exact) mass is 445 g/mol. The number of amides is 2. The standard InChI is InChI=1S/C28H35N3O2/c1-30(2)27(33)28(17-20-9-3-4-11-22(20)21-10-7-15-29-18-21)14-8-16-31(19-28)26(32)25-23-12-5-6-13-24(23)25/h3-4,7,9-11,15,18,23-25H,5-6,8,12-14,16-17,19H2,1-2H3/t23-,24+,25?,28-/m0/s1. The second-order valence-electron chi connectivity index (χ2n) is 10.6. The lowest BCUT2D eigenvalue weighted by Gasteiger charge is -2.43. The number of carbonyl (C=O) groups is 2. The van der Waals surface area contributed by atoms with Crippen molar-refractivity contribution >= 4 is 11.8 Å². The maximum absolute atomic E-state index is 13.7. The SMILES string of the molecule is CN(C)C(=O)[C@]1(Cc2ccccc2-c2cccnc2)CCCN(C(=O)C2[C@H]3CCCC[C@@H]23)C1. The Balaban J connectivity index is 1.44. The van der Waals surface area contributed by atoms with Gasteiger partial charge in [0, 0.05) is 51.1 Å². The average molecular weight is 446 g/mol. The Hall–Kier alpha value is -2.69. The molecule has 5 nitrogen and oxygen atoms in total. The third-order valence-electron chi connectivity index (χ3n) is 8.21. The van der Waals surface area contributed by atoms with Gasteiger partial charge in [-0.05, 0) is 61.1 Å². The summed E-state index contributed by atoms with van der Waals surface area (Å²) >= 11 is 0. The molecule has 3 fully saturated rings. The Morgan fingerprint density at radius 2 is 1.82 bits per heavy atom. The maximum Gasteiger partial charge on any atom is 0.230 e. The van der Waals surface area contributed by atoms with Crippen LogP contribution in [0.4, 0.5) is 0 Å². The molecule has 2 aromatic rings. The number of carbonyl (C=O) groups excluding carboxylic acids is 2. The van der Waals surface area contributed by atoms with E-state index in [4.69, 9.17) is 0 Å². The smallest absolute Gasteiger partial charge is 0.230 e. The van der Waals surface area contributed by atoms with E-state index in [1.807, 2.05) is 43.4 Å². The van der Waals surface area contributed by atoms with E-state index in [0.717, 1.165) is 36.1 Å². The molecule has 0 N–H and O–H groups in total. The summed E-state index contributed by atoms with van der Waals surface area (Å²) in [6, 6.07) is 12.3. The highest BCUT2D eigenvalue weighted by molar-refractivity contribution is 5.87. The van der Waals surface area contributed by atoms with Crippen molar-refractivity contribution in [1.29, 1.82) is 0 Å². The number of benzene rings is 1. The molecule has 4 atom stereocenters. The molecule has 2 aliphatic carbocycles. The highest BCUT2D eigenvalue weighted by Gasteiger charge is 2.57. The Morgan fingerprint density at radius 1 is 1.06 bits per heavy atom. The maximum atomic E-state index is 13.7. The first-order valence-corrected chi connectivity index (χ1v) is 12.5. The van der Waals surface area contributed by atoms with Gasteiger partial charge in [-0.15, -0.1) is 0 Å². The van der Waals surface area contributed by atoms with E-state index in [-0.39, 0.29) is 11.8 Å². The zero-order valence-corrected chi connectivity index (χ0v) is 19.9. The van der Waals surface area contributed by atoms with Gasteiger partial charge in [0.05, 0.1) is 5.41 Å². The van der Waals surface area contributed by atoms with Crippen LogP contribution >= 0.6 is 0 Å². The van der Waals surface area contributed by atoms with Gasteiger partial charge >= 0.3 is 0 Å². The molecule has 174 valence electrons. The quantitative estimate of drug-likeness (QED) is 0.684. The van der Waals surface area contributed by atoms with Gasteiger partial charge in [0.15, 0.2) is 0 Å². The average Bonchev–Trinajstić information content (AvgIpc) is 3.58. The minimum Gasteiger partial charge on any atom is -0.348 e. The Morgan fingerprint density at radius 3 is 2.52 bits per heavy atom. The molecule has 5 rings (SSSR count). The molecule has 0 spiro atoms. The van der Waals surface area contributed by atoms with E-state index in [1.165, 1.54) is 25.7 Å². The molecule has 5 heteroatoms. The van der Waals surface area contributed by atoms with Crippen molar-refractivity contribution in [3.8, 4) is 11.1 Å². The summed E-state index contributed by atoms with van der Waals surface area (Å²) in [5.41, 5.74) is 2.74. The second kappa shape index (κ2) is 8.92.